The molecule has 2 rings (SSSR count). The Kier molecular flexibility index (Phi) is 7.87. The summed E-state index contributed by atoms with van der Waals surface area (Å²) in [5.74, 6) is 0.117. The fourth-order valence-corrected chi connectivity index (χ4v) is 4.77. The van der Waals surface area contributed by atoms with Gasteiger partial charge in [0.25, 0.3) is 0 Å². The number of aliphatic hydroxyl groups is 1. The monoisotopic (exact) mass is 424 g/mol. The van der Waals surface area contributed by atoms with E-state index < -0.39 is 16.1 Å². The van der Waals surface area contributed by atoms with E-state index in [1.165, 1.54) is 9.87 Å². The van der Waals surface area contributed by atoms with E-state index in [9.17, 15) is 18.3 Å². The highest BCUT2D eigenvalue weighted by Crippen LogP contribution is 2.26. The van der Waals surface area contributed by atoms with Gasteiger partial charge in [-0.2, -0.15) is 0 Å². The predicted octanol–water partition coefficient (Wildman–Crippen LogP) is 3.07. The summed E-state index contributed by atoms with van der Waals surface area (Å²) in [7, 11) is -1.58. The standard InChI is InChI=1S/C22H36N2O4S/c1-6-29(27,28)23(5)19-13-15-24(16-14-19)21(26)12-11-20(25)17-7-9-18(10-8-17)22(2,3)4/h7-10,19-20,25H,6,11-16H2,1-5H3. The van der Waals surface area contributed by atoms with Gasteiger partial charge in [-0.1, -0.05) is 45.0 Å². The zero-order chi connectivity index (χ0) is 21.8. The lowest BCUT2D eigenvalue weighted by molar-refractivity contribution is -0.133. The van der Waals surface area contributed by atoms with Crippen molar-refractivity contribution in [3.8, 4) is 0 Å². The fourth-order valence-electron chi connectivity index (χ4n) is 3.70. The van der Waals surface area contributed by atoms with Crippen LogP contribution in [0.3, 0.4) is 0 Å². The van der Waals surface area contributed by atoms with Gasteiger partial charge in [0.2, 0.25) is 15.9 Å². The fraction of sp³-hybridized carbons (Fsp3) is 0.682. The second-order valence-electron chi connectivity index (χ2n) is 8.96. The lowest BCUT2D eigenvalue weighted by Crippen LogP contribution is -2.47. The molecule has 1 N–H and O–H groups in total. The lowest BCUT2D eigenvalue weighted by atomic mass is 9.86. The molecule has 1 aromatic rings. The Morgan fingerprint density at radius 1 is 1.21 bits per heavy atom. The highest BCUT2D eigenvalue weighted by molar-refractivity contribution is 7.89. The minimum absolute atomic E-state index is 0.0230. The minimum atomic E-state index is -3.20. The van der Waals surface area contributed by atoms with Crippen molar-refractivity contribution in [2.24, 2.45) is 0 Å². The van der Waals surface area contributed by atoms with Crippen LogP contribution in [0.5, 0.6) is 0 Å². The first-order valence-electron chi connectivity index (χ1n) is 10.5. The second kappa shape index (κ2) is 9.58. The van der Waals surface area contributed by atoms with Crippen LogP contribution >= 0.6 is 0 Å². The number of sulfonamides is 1. The lowest BCUT2D eigenvalue weighted by Gasteiger charge is -2.36. The molecule has 29 heavy (non-hydrogen) atoms. The van der Waals surface area contributed by atoms with Crippen molar-refractivity contribution in [1.29, 1.82) is 0 Å². The Labute approximate surface area is 176 Å². The molecule has 0 radical (unpaired) electrons. The molecule has 1 aromatic carbocycles. The third kappa shape index (κ3) is 6.27. The first-order chi connectivity index (χ1) is 13.5. The van der Waals surface area contributed by atoms with Gasteiger partial charge in [-0.3, -0.25) is 4.79 Å². The largest absolute Gasteiger partial charge is 0.388 e. The maximum absolute atomic E-state index is 12.5. The first-order valence-corrected chi connectivity index (χ1v) is 12.1. The molecule has 1 aliphatic heterocycles. The summed E-state index contributed by atoms with van der Waals surface area (Å²) < 4.78 is 25.5. The number of hydrogen-bond acceptors (Lipinski definition) is 4. The molecule has 1 aliphatic rings. The molecule has 0 spiro atoms. The van der Waals surface area contributed by atoms with Gasteiger partial charge < -0.3 is 10.0 Å². The van der Waals surface area contributed by atoms with Gasteiger partial charge in [0.05, 0.1) is 11.9 Å². The molecular weight excluding hydrogens is 388 g/mol. The summed E-state index contributed by atoms with van der Waals surface area (Å²) in [6, 6.07) is 7.89. The van der Waals surface area contributed by atoms with Crippen LogP contribution in [0.2, 0.25) is 0 Å². The number of hydrogen-bond donors (Lipinski definition) is 1. The summed E-state index contributed by atoms with van der Waals surface area (Å²) in [4.78, 5) is 14.3. The average Bonchev–Trinajstić information content (AvgIpc) is 2.70. The summed E-state index contributed by atoms with van der Waals surface area (Å²) in [6.45, 7) is 9.21. The number of likely N-dealkylation sites (tertiary alicyclic amines) is 1. The summed E-state index contributed by atoms with van der Waals surface area (Å²) in [5, 5.41) is 10.4. The zero-order valence-corrected chi connectivity index (χ0v) is 19.2. The first kappa shape index (κ1) is 23.8. The Morgan fingerprint density at radius 3 is 2.24 bits per heavy atom. The van der Waals surface area contributed by atoms with E-state index in [1.807, 2.05) is 24.3 Å². The molecule has 0 aromatic heterocycles. The van der Waals surface area contributed by atoms with E-state index in [4.69, 9.17) is 0 Å². The number of aliphatic hydroxyl groups excluding tert-OH is 1. The molecule has 1 atom stereocenters. The van der Waals surface area contributed by atoms with Crippen LogP contribution in [0.25, 0.3) is 0 Å². The molecular formula is C22H36N2O4S. The molecule has 1 heterocycles. The van der Waals surface area contributed by atoms with Crippen LogP contribution < -0.4 is 0 Å². The highest BCUT2D eigenvalue weighted by Gasteiger charge is 2.30. The van der Waals surface area contributed by atoms with E-state index in [1.54, 1.807) is 18.9 Å². The van der Waals surface area contributed by atoms with E-state index >= 15 is 0 Å². The summed E-state index contributed by atoms with van der Waals surface area (Å²) in [6.07, 6.45) is 1.32. The third-order valence-electron chi connectivity index (χ3n) is 5.93. The molecule has 6 nitrogen and oxygen atoms in total. The summed E-state index contributed by atoms with van der Waals surface area (Å²) >= 11 is 0. The number of benzene rings is 1. The molecule has 1 amide bonds. The number of carbonyl (C=O) groups excluding carboxylic acids is 1. The molecule has 0 saturated carbocycles. The van der Waals surface area contributed by atoms with Gasteiger partial charge in [0, 0.05) is 32.6 Å². The number of piperidine rings is 1. The second-order valence-corrected chi connectivity index (χ2v) is 11.3. The van der Waals surface area contributed by atoms with Crippen LogP contribution in [-0.2, 0) is 20.2 Å². The van der Waals surface area contributed by atoms with Crippen molar-refractivity contribution in [2.45, 2.75) is 70.9 Å². The Hall–Kier alpha value is -1.44. The van der Waals surface area contributed by atoms with Crippen LogP contribution in [0.1, 0.15) is 70.6 Å². The third-order valence-corrected chi connectivity index (χ3v) is 7.83. The van der Waals surface area contributed by atoms with E-state index in [0.717, 1.165) is 5.56 Å². The number of nitrogens with zero attached hydrogens (tertiary/aromatic N) is 2. The van der Waals surface area contributed by atoms with Gasteiger partial charge in [-0.15, -0.1) is 0 Å². The van der Waals surface area contributed by atoms with Gasteiger partial charge in [0.1, 0.15) is 0 Å². The minimum Gasteiger partial charge on any atom is -0.388 e. The van der Waals surface area contributed by atoms with Crippen molar-refractivity contribution in [2.75, 3.05) is 25.9 Å². The van der Waals surface area contributed by atoms with Gasteiger partial charge in [0.15, 0.2) is 0 Å². The Morgan fingerprint density at radius 2 is 1.76 bits per heavy atom. The summed E-state index contributed by atoms with van der Waals surface area (Å²) in [5.41, 5.74) is 2.11. The van der Waals surface area contributed by atoms with Gasteiger partial charge in [-0.05, 0) is 42.7 Å². The predicted molar refractivity (Wildman–Crippen MR) is 116 cm³/mol. The smallest absolute Gasteiger partial charge is 0.222 e. The van der Waals surface area contributed by atoms with Crippen molar-refractivity contribution >= 4 is 15.9 Å². The molecule has 1 fully saturated rings. The van der Waals surface area contributed by atoms with Crippen molar-refractivity contribution in [3.63, 3.8) is 0 Å². The van der Waals surface area contributed by atoms with Crippen LogP contribution in [0, 0.1) is 0 Å². The van der Waals surface area contributed by atoms with Gasteiger partial charge in [-0.25, -0.2) is 12.7 Å². The quantitative estimate of drug-likeness (QED) is 0.730. The maximum atomic E-state index is 12.5. The van der Waals surface area contributed by atoms with E-state index in [-0.39, 0.29) is 29.5 Å². The number of carbonyl (C=O) groups is 1. The topological polar surface area (TPSA) is 77.9 Å². The normalized spacial score (nSPS) is 17.6. The average molecular weight is 425 g/mol. The van der Waals surface area contributed by atoms with Crippen molar-refractivity contribution in [3.05, 3.63) is 35.4 Å². The molecule has 1 unspecified atom stereocenters. The van der Waals surface area contributed by atoms with Crippen molar-refractivity contribution in [1.82, 2.24) is 9.21 Å². The molecule has 0 bridgehead atoms. The maximum Gasteiger partial charge on any atom is 0.222 e. The Balaban J connectivity index is 1.83. The molecule has 7 heteroatoms. The number of amides is 1. The van der Waals surface area contributed by atoms with E-state index in [2.05, 4.69) is 20.8 Å². The molecule has 1 saturated heterocycles. The SMILES string of the molecule is CCS(=O)(=O)N(C)C1CCN(C(=O)CCC(O)c2ccc(C(C)(C)C)cc2)CC1. The van der Waals surface area contributed by atoms with E-state index in [0.29, 0.717) is 32.4 Å². The highest BCUT2D eigenvalue weighted by atomic mass is 32.2. The van der Waals surface area contributed by atoms with Crippen LogP contribution in [0.4, 0.5) is 0 Å². The van der Waals surface area contributed by atoms with Gasteiger partial charge >= 0.3 is 0 Å². The number of rotatable bonds is 7. The van der Waals surface area contributed by atoms with Crippen molar-refractivity contribution < 1.29 is 18.3 Å². The van der Waals surface area contributed by atoms with Crippen LogP contribution in [-0.4, -0.2) is 60.6 Å². The molecule has 0 aliphatic carbocycles. The molecule has 164 valence electrons. The van der Waals surface area contributed by atoms with Crippen LogP contribution in [0.15, 0.2) is 24.3 Å². The zero-order valence-electron chi connectivity index (χ0n) is 18.4. The Bertz CT molecular complexity index is 776.